The van der Waals surface area contributed by atoms with Gasteiger partial charge < -0.3 is 11.1 Å². The molecular formula is C21H23FN4O4. The first kappa shape index (κ1) is 21.4. The molecule has 30 heavy (non-hydrogen) atoms. The number of benzene rings is 2. The number of halogens is 1. The molecule has 1 aliphatic heterocycles. The molecule has 9 heteroatoms. The van der Waals surface area contributed by atoms with Crippen molar-refractivity contribution >= 4 is 23.2 Å². The van der Waals surface area contributed by atoms with Gasteiger partial charge in [0.1, 0.15) is 5.82 Å². The third kappa shape index (κ3) is 4.98. The van der Waals surface area contributed by atoms with Crippen LogP contribution in [0.3, 0.4) is 0 Å². The molecule has 0 aromatic heterocycles. The molecule has 0 saturated carbocycles. The summed E-state index contributed by atoms with van der Waals surface area (Å²) >= 11 is 0. The van der Waals surface area contributed by atoms with Crippen molar-refractivity contribution < 1.29 is 18.9 Å². The molecule has 1 atom stereocenters. The van der Waals surface area contributed by atoms with E-state index in [0.29, 0.717) is 18.8 Å². The molecule has 3 rings (SSSR count). The third-order valence-electron chi connectivity index (χ3n) is 5.30. The van der Waals surface area contributed by atoms with Crippen molar-refractivity contribution in [2.75, 3.05) is 18.4 Å². The maximum absolute atomic E-state index is 13.9. The van der Waals surface area contributed by atoms with E-state index in [-0.39, 0.29) is 23.0 Å². The van der Waals surface area contributed by atoms with E-state index in [9.17, 15) is 24.1 Å². The molecule has 0 bridgehead atoms. The first-order valence-corrected chi connectivity index (χ1v) is 9.61. The van der Waals surface area contributed by atoms with E-state index in [2.05, 4.69) is 10.2 Å². The van der Waals surface area contributed by atoms with Crippen molar-refractivity contribution in [3.8, 4) is 0 Å². The van der Waals surface area contributed by atoms with Gasteiger partial charge in [0.2, 0.25) is 5.91 Å². The molecule has 158 valence electrons. The maximum atomic E-state index is 13.9. The van der Waals surface area contributed by atoms with Crippen molar-refractivity contribution in [2.24, 2.45) is 11.7 Å². The van der Waals surface area contributed by atoms with Crippen LogP contribution >= 0.6 is 0 Å². The number of likely N-dealkylation sites (tertiary alicyclic amines) is 1. The smallest absolute Gasteiger partial charge is 0.276 e. The van der Waals surface area contributed by atoms with E-state index >= 15 is 0 Å². The SMILES string of the molecule is Cc1c(F)cc(C(=O)Nc2ccc(CN3CCCC(C(N)=O)C3)cc2)cc1[N+](=O)[O-]. The summed E-state index contributed by atoms with van der Waals surface area (Å²) in [7, 11) is 0. The number of nitrogens with two attached hydrogens (primary N) is 1. The van der Waals surface area contributed by atoms with Crippen LogP contribution in [-0.4, -0.2) is 34.7 Å². The number of carbonyl (C=O) groups is 2. The molecule has 1 aliphatic rings. The minimum Gasteiger partial charge on any atom is -0.369 e. The number of piperidine rings is 1. The zero-order chi connectivity index (χ0) is 21.8. The Balaban J connectivity index is 1.65. The summed E-state index contributed by atoms with van der Waals surface area (Å²) in [6.07, 6.45) is 1.73. The van der Waals surface area contributed by atoms with Gasteiger partial charge in [0.05, 0.1) is 16.4 Å². The highest BCUT2D eigenvalue weighted by molar-refractivity contribution is 6.04. The minimum absolute atomic E-state index is 0.114. The van der Waals surface area contributed by atoms with Crippen LogP contribution in [0.1, 0.15) is 34.3 Å². The van der Waals surface area contributed by atoms with Crippen molar-refractivity contribution in [1.82, 2.24) is 4.90 Å². The van der Waals surface area contributed by atoms with Crippen LogP contribution in [0.4, 0.5) is 15.8 Å². The molecule has 1 unspecified atom stereocenters. The second kappa shape index (κ2) is 9.00. The Kier molecular flexibility index (Phi) is 6.41. The lowest BCUT2D eigenvalue weighted by Gasteiger charge is -2.31. The van der Waals surface area contributed by atoms with E-state index in [4.69, 9.17) is 5.73 Å². The summed E-state index contributed by atoms with van der Waals surface area (Å²) in [5.41, 5.74) is 6.23. The van der Waals surface area contributed by atoms with Gasteiger partial charge >= 0.3 is 0 Å². The summed E-state index contributed by atoms with van der Waals surface area (Å²) in [6, 6.07) is 9.16. The number of nitro groups is 1. The topological polar surface area (TPSA) is 119 Å². The van der Waals surface area contributed by atoms with Crippen LogP contribution in [-0.2, 0) is 11.3 Å². The highest BCUT2D eigenvalue weighted by Crippen LogP contribution is 2.24. The number of amides is 2. The van der Waals surface area contributed by atoms with Gasteiger partial charge in [-0.15, -0.1) is 0 Å². The Morgan fingerprint density at radius 3 is 2.63 bits per heavy atom. The van der Waals surface area contributed by atoms with Gasteiger partial charge in [0, 0.05) is 30.4 Å². The molecular weight excluding hydrogens is 391 g/mol. The fraction of sp³-hybridized carbons (Fsp3) is 0.333. The lowest BCUT2D eigenvalue weighted by Crippen LogP contribution is -2.40. The van der Waals surface area contributed by atoms with E-state index < -0.39 is 22.3 Å². The van der Waals surface area contributed by atoms with E-state index in [0.717, 1.165) is 37.1 Å². The van der Waals surface area contributed by atoms with Gasteiger partial charge in [0.25, 0.3) is 11.6 Å². The molecule has 0 spiro atoms. The van der Waals surface area contributed by atoms with Gasteiger partial charge in [0.15, 0.2) is 0 Å². The highest BCUT2D eigenvalue weighted by Gasteiger charge is 2.24. The van der Waals surface area contributed by atoms with Gasteiger partial charge in [-0.3, -0.25) is 24.6 Å². The van der Waals surface area contributed by atoms with Gasteiger partial charge in [-0.05, 0) is 50.1 Å². The predicted molar refractivity (Wildman–Crippen MR) is 109 cm³/mol. The monoisotopic (exact) mass is 414 g/mol. The average molecular weight is 414 g/mol. The van der Waals surface area contributed by atoms with Crippen molar-refractivity contribution in [1.29, 1.82) is 0 Å². The second-order valence-corrected chi connectivity index (χ2v) is 7.49. The molecule has 8 nitrogen and oxygen atoms in total. The molecule has 0 radical (unpaired) electrons. The quantitative estimate of drug-likeness (QED) is 0.556. The minimum atomic E-state index is -0.805. The van der Waals surface area contributed by atoms with E-state index in [1.807, 2.05) is 12.1 Å². The number of hydrogen-bond acceptors (Lipinski definition) is 5. The summed E-state index contributed by atoms with van der Waals surface area (Å²) in [6.45, 7) is 3.47. The number of nitro benzene ring substituents is 1. The van der Waals surface area contributed by atoms with Crippen molar-refractivity contribution in [2.45, 2.75) is 26.3 Å². The lowest BCUT2D eigenvalue weighted by atomic mass is 9.97. The first-order valence-electron chi connectivity index (χ1n) is 9.61. The molecule has 2 aromatic carbocycles. The second-order valence-electron chi connectivity index (χ2n) is 7.49. The standard InChI is InChI=1S/C21H23FN4O4/c1-13-18(22)9-16(10-19(13)26(29)30)21(28)24-17-6-4-14(5-7-17)11-25-8-2-3-15(12-25)20(23)27/h4-7,9-10,15H,2-3,8,11-12H2,1H3,(H2,23,27)(H,24,28). The van der Waals surface area contributed by atoms with Crippen LogP contribution < -0.4 is 11.1 Å². The summed E-state index contributed by atoms with van der Waals surface area (Å²) < 4.78 is 13.9. The van der Waals surface area contributed by atoms with Gasteiger partial charge in [-0.2, -0.15) is 0 Å². The average Bonchev–Trinajstić information content (AvgIpc) is 2.71. The molecule has 3 N–H and O–H groups in total. The Labute approximate surface area is 173 Å². The fourth-order valence-corrected chi connectivity index (χ4v) is 3.57. The Morgan fingerprint density at radius 2 is 2.00 bits per heavy atom. The van der Waals surface area contributed by atoms with E-state index in [1.165, 1.54) is 6.92 Å². The van der Waals surface area contributed by atoms with E-state index in [1.54, 1.807) is 12.1 Å². The normalized spacial score (nSPS) is 16.8. The fourth-order valence-electron chi connectivity index (χ4n) is 3.57. The van der Waals surface area contributed by atoms with Gasteiger partial charge in [-0.1, -0.05) is 12.1 Å². The van der Waals surface area contributed by atoms with Crippen LogP contribution in [0.25, 0.3) is 0 Å². The van der Waals surface area contributed by atoms with Crippen LogP contribution in [0.5, 0.6) is 0 Å². The van der Waals surface area contributed by atoms with Crippen LogP contribution in [0.15, 0.2) is 36.4 Å². The Bertz CT molecular complexity index is 978. The summed E-state index contributed by atoms with van der Waals surface area (Å²) in [5.74, 6) is -1.84. The molecule has 0 aliphatic carbocycles. The molecule has 2 aromatic rings. The summed E-state index contributed by atoms with van der Waals surface area (Å²) in [5, 5.41) is 13.7. The predicted octanol–water partition coefficient (Wildman–Crippen LogP) is 2.99. The van der Waals surface area contributed by atoms with Crippen molar-refractivity contribution in [3.63, 3.8) is 0 Å². The zero-order valence-electron chi connectivity index (χ0n) is 16.6. The first-order chi connectivity index (χ1) is 14.2. The Morgan fingerprint density at radius 1 is 1.30 bits per heavy atom. The van der Waals surface area contributed by atoms with Crippen molar-refractivity contribution in [3.05, 3.63) is 69.0 Å². The molecule has 1 heterocycles. The maximum Gasteiger partial charge on any atom is 0.276 e. The van der Waals surface area contributed by atoms with Crippen LogP contribution in [0, 0.1) is 28.8 Å². The molecule has 1 fully saturated rings. The number of rotatable bonds is 6. The van der Waals surface area contributed by atoms with Gasteiger partial charge in [-0.25, -0.2) is 4.39 Å². The third-order valence-corrected chi connectivity index (χ3v) is 5.30. The largest absolute Gasteiger partial charge is 0.369 e. The Hall–Kier alpha value is -3.33. The number of nitrogens with zero attached hydrogens (tertiary/aromatic N) is 2. The highest BCUT2D eigenvalue weighted by atomic mass is 19.1. The van der Waals surface area contributed by atoms with Crippen LogP contribution in [0.2, 0.25) is 0 Å². The number of hydrogen-bond donors (Lipinski definition) is 2. The zero-order valence-corrected chi connectivity index (χ0v) is 16.6. The number of primary amides is 1. The number of nitrogens with one attached hydrogen (secondary N) is 1. The lowest BCUT2D eigenvalue weighted by molar-refractivity contribution is -0.385. The number of anilines is 1. The number of carbonyl (C=O) groups excluding carboxylic acids is 2. The molecule has 2 amide bonds. The molecule has 1 saturated heterocycles. The summed E-state index contributed by atoms with van der Waals surface area (Å²) in [4.78, 5) is 36.3.